The Morgan fingerprint density at radius 3 is 2.21 bits per heavy atom. The first kappa shape index (κ1) is 15.0. The van der Waals surface area contributed by atoms with Gasteiger partial charge in [0.1, 0.15) is 6.54 Å². The number of benzene rings is 1. The summed E-state index contributed by atoms with van der Waals surface area (Å²) in [7, 11) is 0. The molecule has 3 nitrogen and oxygen atoms in total. The fraction of sp³-hybridized carbons (Fsp3) is 0.385. The molecular weight excluding hydrogens is 257 g/mol. The third-order valence-electron chi connectivity index (χ3n) is 2.49. The molecule has 0 aromatic heterocycles. The second-order valence-electron chi connectivity index (χ2n) is 4.33. The molecule has 19 heavy (non-hydrogen) atoms. The summed E-state index contributed by atoms with van der Waals surface area (Å²) < 4.78 is 37.3. The third-order valence-corrected chi connectivity index (χ3v) is 2.49. The minimum Gasteiger partial charge on any atom is -0.327 e. The normalized spacial score (nSPS) is 11.2. The van der Waals surface area contributed by atoms with Gasteiger partial charge in [-0.25, -0.2) is 0 Å². The molecule has 0 saturated heterocycles. The largest absolute Gasteiger partial charge is 0.406 e. The van der Waals surface area contributed by atoms with Crippen molar-refractivity contribution in [2.24, 2.45) is 0 Å². The number of carbonyl (C=O) groups is 1. The van der Waals surface area contributed by atoms with E-state index in [-0.39, 0.29) is 5.56 Å². The van der Waals surface area contributed by atoms with Crippen molar-refractivity contribution in [3.05, 3.63) is 35.4 Å². The van der Waals surface area contributed by atoms with Crippen molar-refractivity contribution < 1.29 is 18.0 Å². The average molecular weight is 270 g/mol. The van der Waals surface area contributed by atoms with Crippen LogP contribution in [0, 0.1) is 11.3 Å². The molecule has 0 unspecified atom stereocenters. The third kappa shape index (κ3) is 4.28. The van der Waals surface area contributed by atoms with Crippen molar-refractivity contribution >= 4 is 5.91 Å². The second kappa shape index (κ2) is 5.74. The van der Waals surface area contributed by atoms with Crippen LogP contribution in [-0.4, -0.2) is 29.6 Å². The predicted molar refractivity (Wildman–Crippen MR) is 63.4 cm³/mol. The highest BCUT2D eigenvalue weighted by Gasteiger charge is 2.34. The molecule has 0 fully saturated rings. The Morgan fingerprint density at radius 2 is 1.84 bits per heavy atom. The number of carbonyl (C=O) groups excluding carboxylic acids is 1. The number of halogens is 3. The van der Waals surface area contributed by atoms with E-state index in [0.717, 1.165) is 4.90 Å². The average Bonchev–Trinajstić information content (AvgIpc) is 2.34. The summed E-state index contributed by atoms with van der Waals surface area (Å²) in [5.74, 6) is -0.697. The van der Waals surface area contributed by atoms with Crippen LogP contribution >= 0.6 is 0 Å². The fourth-order valence-corrected chi connectivity index (χ4v) is 1.54. The van der Waals surface area contributed by atoms with Crippen molar-refractivity contribution in [3.8, 4) is 6.07 Å². The van der Waals surface area contributed by atoms with Crippen LogP contribution in [0.15, 0.2) is 24.3 Å². The van der Waals surface area contributed by atoms with Gasteiger partial charge in [-0.1, -0.05) is 0 Å². The molecule has 0 atom stereocenters. The van der Waals surface area contributed by atoms with Crippen LogP contribution in [-0.2, 0) is 0 Å². The van der Waals surface area contributed by atoms with Gasteiger partial charge in [-0.15, -0.1) is 0 Å². The van der Waals surface area contributed by atoms with E-state index in [1.54, 1.807) is 0 Å². The number of hydrogen-bond acceptors (Lipinski definition) is 2. The van der Waals surface area contributed by atoms with Gasteiger partial charge in [0, 0.05) is 11.6 Å². The Bertz CT molecular complexity index is 486. The SMILES string of the molecule is CC(C)N(CC(F)(F)F)C(=O)c1ccc(C#N)cc1. The lowest BCUT2D eigenvalue weighted by atomic mass is 10.1. The monoisotopic (exact) mass is 270 g/mol. The first-order valence-corrected chi connectivity index (χ1v) is 5.62. The Morgan fingerprint density at radius 1 is 1.32 bits per heavy atom. The number of nitriles is 1. The van der Waals surface area contributed by atoms with Gasteiger partial charge in [-0.3, -0.25) is 4.79 Å². The molecule has 0 spiro atoms. The quantitative estimate of drug-likeness (QED) is 0.847. The van der Waals surface area contributed by atoms with Crippen LogP contribution in [0.4, 0.5) is 13.2 Å². The van der Waals surface area contributed by atoms with Gasteiger partial charge in [0.2, 0.25) is 0 Å². The summed E-state index contributed by atoms with van der Waals surface area (Å²) in [5.41, 5.74) is 0.486. The standard InChI is InChI=1S/C13H13F3N2O/c1-9(2)18(8-13(14,15)16)12(19)11-5-3-10(7-17)4-6-11/h3-6,9H,8H2,1-2H3. The van der Waals surface area contributed by atoms with E-state index in [4.69, 9.17) is 5.26 Å². The molecule has 0 saturated carbocycles. The van der Waals surface area contributed by atoms with Crippen LogP contribution in [0.25, 0.3) is 0 Å². The Hall–Kier alpha value is -2.03. The molecule has 1 amide bonds. The maximum atomic E-state index is 12.4. The van der Waals surface area contributed by atoms with Crippen molar-refractivity contribution in [3.63, 3.8) is 0 Å². The summed E-state index contributed by atoms with van der Waals surface area (Å²) in [6.45, 7) is 1.75. The van der Waals surface area contributed by atoms with Gasteiger partial charge in [0.05, 0.1) is 11.6 Å². The van der Waals surface area contributed by atoms with Crippen LogP contribution in [0.3, 0.4) is 0 Å². The van der Waals surface area contributed by atoms with Gasteiger partial charge in [-0.05, 0) is 38.1 Å². The first-order valence-electron chi connectivity index (χ1n) is 5.62. The van der Waals surface area contributed by atoms with E-state index < -0.39 is 24.7 Å². The van der Waals surface area contributed by atoms with Gasteiger partial charge in [0.15, 0.2) is 0 Å². The zero-order valence-electron chi connectivity index (χ0n) is 10.5. The topological polar surface area (TPSA) is 44.1 Å². The van der Waals surface area contributed by atoms with Crippen LogP contribution in [0.2, 0.25) is 0 Å². The number of nitrogens with zero attached hydrogens (tertiary/aromatic N) is 2. The van der Waals surface area contributed by atoms with Gasteiger partial charge >= 0.3 is 6.18 Å². The van der Waals surface area contributed by atoms with E-state index in [0.29, 0.717) is 5.56 Å². The minimum absolute atomic E-state index is 0.136. The molecular formula is C13H13F3N2O. The summed E-state index contributed by atoms with van der Waals surface area (Å²) in [4.78, 5) is 12.8. The zero-order valence-corrected chi connectivity index (χ0v) is 10.5. The summed E-state index contributed by atoms with van der Waals surface area (Å²) in [5, 5.41) is 8.62. The number of rotatable bonds is 3. The van der Waals surface area contributed by atoms with E-state index >= 15 is 0 Å². The highest BCUT2D eigenvalue weighted by Crippen LogP contribution is 2.20. The highest BCUT2D eigenvalue weighted by molar-refractivity contribution is 5.94. The Balaban J connectivity index is 2.96. The van der Waals surface area contributed by atoms with Crippen molar-refractivity contribution in [2.75, 3.05) is 6.54 Å². The molecule has 1 aromatic carbocycles. The second-order valence-corrected chi connectivity index (χ2v) is 4.33. The molecule has 1 rings (SSSR count). The maximum absolute atomic E-state index is 12.4. The molecule has 0 bridgehead atoms. The van der Waals surface area contributed by atoms with Gasteiger partial charge < -0.3 is 4.90 Å². The first-order chi connectivity index (χ1) is 8.74. The Labute approximate surface area is 109 Å². The van der Waals surface area contributed by atoms with Crippen molar-refractivity contribution in [1.29, 1.82) is 5.26 Å². The van der Waals surface area contributed by atoms with Gasteiger partial charge in [0.25, 0.3) is 5.91 Å². The molecule has 1 aromatic rings. The van der Waals surface area contributed by atoms with E-state index in [1.807, 2.05) is 6.07 Å². The molecule has 0 N–H and O–H groups in total. The molecule has 0 radical (unpaired) electrons. The van der Waals surface area contributed by atoms with E-state index in [1.165, 1.54) is 38.1 Å². The van der Waals surface area contributed by atoms with E-state index in [9.17, 15) is 18.0 Å². The smallest absolute Gasteiger partial charge is 0.327 e. The van der Waals surface area contributed by atoms with Crippen LogP contribution in [0.1, 0.15) is 29.8 Å². The van der Waals surface area contributed by atoms with E-state index in [2.05, 4.69) is 0 Å². The molecule has 102 valence electrons. The molecule has 6 heteroatoms. The summed E-state index contributed by atoms with van der Waals surface area (Å²) in [6, 6.07) is 6.83. The lowest BCUT2D eigenvalue weighted by Crippen LogP contribution is -2.43. The Kier molecular flexibility index (Phi) is 4.54. The summed E-state index contributed by atoms with van der Waals surface area (Å²) in [6.07, 6.45) is -4.44. The molecule has 0 heterocycles. The molecule has 0 aliphatic heterocycles. The molecule has 0 aliphatic carbocycles. The van der Waals surface area contributed by atoms with Crippen LogP contribution in [0.5, 0.6) is 0 Å². The van der Waals surface area contributed by atoms with Crippen molar-refractivity contribution in [1.82, 2.24) is 4.90 Å². The summed E-state index contributed by atoms with van der Waals surface area (Å²) >= 11 is 0. The minimum atomic E-state index is -4.44. The zero-order chi connectivity index (χ0) is 14.6. The van der Waals surface area contributed by atoms with Crippen LogP contribution < -0.4 is 0 Å². The highest BCUT2D eigenvalue weighted by atomic mass is 19.4. The number of alkyl halides is 3. The lowest BCUT2D eigenvalue weighted by molar-refractivity contribution is -0.143. The van der Waals surface area contributed by atoms with Crippen molar-refractivity contribution in [2.45, 2.75) is 26.1 Å². The lowest BCUT2D eigenvalue weighted by Gasteiger charge is -2.27. The molecule has 0 aliphatic rings. The van der Waals surface area contributed by atoms with Gasteiger partial charge in [-0.2, -0.15) is 18.4 Å². The number of amides is 1. The predicted octanol–water partition coefficient (Wildman–Crippen LogP) is 2.97. The number of hydrogen-bond donors (Lipinski definition) is 0. The fourth-order valence-electron chi connectivity index (χ4n) is 1.54. The maximum Gasteiger partial charge on any atom is 0.406 e.